The van der Waals surface area contributed by atoms with Crippen molar-refractivity contribution in [2.45, 2.75) is 19.9 Å². The van der Waals surface area contributed by atoms with Gasteiger partial charge in [0.05, 0.1) is 11.1 Å². The van der Waals surface area contributed by atoms with E-state index in [0.29, 0.717) is 37.2 Å². The third-order valence-electron chi connectivity index (χ3n) is 5.24. The van der Waals surface area contributed by atoms with Crippen molar-refractivity contribution >= 4 is 17.7 Å². The van der Waals surface area contributed by atoms with Gasteiger partial charge >= 0.3 is 0 Å². The van der Waals surface area contributed by atoms with Crippen molar-refractivity contribution in [3.63, 3.8) is 0 Å². The molecule has 0 saturated carbocycles. The van der Waals surface area contributed by atoms with Crippen LogP contribution in [0.25, 0.3) is 0 Å². The number of hydrogen-bond donors (Lipinski definition) is 0. The summed E-state index contributed by atoms with van der Waals surface area (Å²) in [5.74, 6) is -0.450. The normalized spacial score (nSPS) is 19.4. The standard InChI is InChI=1S/C21H20N2O3/c1-14-6-2-3-7-16(14)13-22-11-15(10-19(22)24)12-23-20(25)17-8-4-5-9-18(17)21(23)26/h2-9,15H,10-13H2,1H3. The Labute approximate surface area is 152 Å². The van der Waals surface area contributed by atoms with E-state index >= 15 is 0 Å². The molecule has 0 aromatic heterocycles. The van der Waals surface area contributed by atoms with Gasteiger partial charge in [0.1, 0.15) is 0 Å². The average molecular weight is 348 g/mol. The minimum Gasteiger partial charge on any atom is -0.338 e. The Balaban J connectivity index is 1.45. The van der Waals surface area contributed by atoms with E-state index in [4.69, 9.17) is 0 Å². The number of fused-ring (bicyclic) bond motifs is 1. The van der Waals surface area contributed by atoms with Crippen molar-refractivity contribution in [3.05, 3.63) is 70.8 Å². The third kappa shape index (κ3) is 2.79. The van der Waals surface area contributed by atoms with Gasteiger partial charge in [0.2, 0.25) is 5.91 Å². The van der Waals surface area contributed by atoms with E-state index in [2.05, 4.69) is 0 Å². The average Bonchev–Trinajstić information content (AvgIpc) is 3.10. The van der Waals surface area contributed by atoms with E-state index in [9.17, 15) is 14.4 Å². The summed E-state index contributed by atoms with van der Waals surface area (Å²) in [6.07, 6.45) is 0.374. The molecular formula is C21H20N2O3. The van der Waals surface area contributed by atoms with Crippen molar-refractivity contribution in [1.82, 2.24) is 9.80 Å². The highest BCUT2D eigenvalue weighted by molar-refractivity contribution is 6.21. The van der Waals surface area contributed by atoms with E-state index in [-0.39, 0.29) is 23.6 Å². The monoisotopic (exact) mass is 348 g/mol. The Morgan fingerprint density at radius 3 is 2.19 bits per heavy atom. The molecule has 26 heavy (non-hydrogen) atoms. The lowest BCUT2D eigenvalue weighted by molar-refractivity contribution is -0.128. The van der Waals surface area contributed by atoms with Crippen LogP contribution in [-0.2, 0) is 11.3 Å². The number of aryl methyl sites for hydroxylation is 1. The van der Waals surface area contributed by atoms with Gasteiger partial charge in [0.15, 0.2) is 0 Å². The smallest absolute Gasteiger partial charge is 0.261 e. The second-order valence-electron chi connectivity index (χ2n) is 7.04. The number of carbonyl (C=O) groups excluding carboxylic acids is 3. The van der Waals surface area contributed by atoms with Crippen molar-refractivity contribution in [1.29, 1.82) is 0 Å². The predicted molar refractivity (Wildman–Crippen MR) is 96.5 cm³/mol. The molecule has 2 aliphatic rings. The molecule has 3 amide bonds. The molecule has 2 aliphatic heterocycles. The van der Waals surface area contributed by atoms with Crippen LogP contribution in [0.1, 0.15) is 38.3 Å². The first-order chi connectivity index (χ1) is 12.5. The number of rotatable bonds is 4. The van der Waals surface area contributed by atoms with E-state index in [1.807, 2.05) is 36.1 Å². The second-order valence-corrected chi connectivity index (χ2v) is 7.04. The van der Waals surface area contributed by atoms with Crippen LogP contribution in [0.3, 0.4) is 0 Å². The van der Waals surface area contributed by atoms with E-state index in [0.717, 1.165) is 11.1 Å². The Morgan fingerprint density at radius 2 is 1.54 bits per heavy atom. The van der Waals surface area contributed by atoms with Gasteiger partial charge in [-0.15, -0.1) is 0 Å². The molecule has 2 heterocycles. The number of hydrogen-bond acceptors (Lipinski definition) is 3. The molecule has 4 rings (SSSR count). The van der Waals surface area contributed by atoms with Gasteiger partial charge in [0.25, 0.3) is 11.8 Å². The molecule has 0 radical (unpaired) electrons. The first-order valence-corrected chi connectivity index (χ1v) is 8.82. The van der Waals surface area contributed by atoms with Crippen LogP contribution in [0.15, 0.2) is 48.5 Å². The van der Waals surface area contributed by atoms with Crippen LogP contribution in [-0.4, -0.2) is 40.6 Å². The van der Waals surface area contributed by atoms with E-state index < -0.39 is 0 Å². The molecule has 1 saturated heterocycles. The zero-order chi connectivity index (χ0) is 18.3. The van der Waals surface area contributed by atoms with Crippen LogP contribution in [0.4, 0.5) is 0 Å². The summed E-state index contributed by atoms with van der Waals surface area (Å²) in [4.78, 5) is 40.5. The summed E-state index contributed by atoms with van der Waals surface area (Å²) in [6.45, 7) is 3.47. The summed E-state index contributed by atoms with van der Waals surface area (Å²) in [7, 11) is 0. The predicted octanol–water partition coefficient (Wildman–Crippen LogP) is 2.64. The number of benzene rings is 2. The first-order valence-electron chi connectivity index (χ1n) is 8.82. The summed E-state index contributed by atoms with van der Waals surface area (Å²) in [5.41, 5.74) is 3.20. The highest BCUT2D eigenvalue weighted by Gasteiger charge is 2.39. The summed E-state index contributed by atoms with van der Waals surface area (Å²) in [6, 6.07) is 14.9. The molecule has 0 bridgehead atoms. The Morgan fingerprint density at radius 1 is 0.923 bits per heavy atom. The molecule has 0 aliphatic carbocycles. The number of nitrogens with zero attached hydrogens (tertiary/aromatic N) is 2. The minimum absolute atomic E-state index is 0.0197. The van der Waals surface area contributed by atoms with E-state index in [1.165, 1.54) is 4.90 Å². The topological polar surface area (TPSA) is 57.7 Å². The van der Waals surface area contributed by atoms with Crippen LogP contribution in [0.5, 0.6) is 0 Å². The molecule has 2 aromatic carbocycles. The fourth-order valence-corrected chi connectivity index (χ4v) is 3.79. The number of likely N-dealkylation sites (tertiary alicyclic amines) is 1. The van der Waals surface area contributed by atoms with Gasteiger partial charge in [-0.3, -0.25) is 19.3 Å². The molecule has 1 fully saturated rings. The molecule has 5 nitrogen and oxygen atoms in total. The molecule has 2 aromatic rings. The van der Waals surface area contributed by atoms with Crippen LogP contribution in [0, 0.1) is 12.8 Å². The van der Waals surface area contributed by atoms with Crippen molar-refractivity contribution in [2.75, 3.05) is 13.1 Å². The second kappa shape index (κ2) is 6.41. The van der Waals surface area contributed by atoms with Gasteiger partial charge in [-0.05, 0) is 30.2 Å². The molecule has 5 heteroatoms. The Kier molecular flexibility index (Phi) is 4.07. The summed E-state index contributed by atoms with van der Waals surface area (Å²) in [5, 5.41) is 0. The quantitative estimate of drug-likeness (QED) is 0.798. The van der Waals surface area contributed by atoms with Crippen molar-refractivity contribution in [2.24, 2.45) is 5.92 Å². The Hall–Kier alpha value is -2.95. The lowest BCUT2D eigenvalue weighted by Crippen LogP contribution is -2.35. The number of imide groups is 1. The van der Waals surface area contributed by atoms with E-state index in [1.54, 1.807) is 24.3 Å². The highest BCUT2D eigenvalue weighted by Crippen LogP contribution is 2.27. The molecule has 132 valence electrons. The fourth-order valence-electron chi connectivity index (χ4n) is 3.79. The maximum atomic E-state index is 12.5. The van der Waals surface area contributed by atoms with Crippen LogP contribution >= 0.6 is 0 Å². The van der Waals surface area contributed by atoms with Gasteiger partial charge in [-0.1, -0.05) is 36.4 Å². The van der Waals surface area contributed by atoms with Crippen molar-refractivity contribution in [3.8, 4) is 0 Å². The molecule has 1 unspecified atom stereocenters. The van der Waals surface area contributed by atoms with Crippen molar-refractivity contribution < 1.29 is 14.4 Å². The van der Waals surface area contributed by atoms with Gasteiger partial charge in [0, 0.05) is 32.0 Å². The fraction of sp³-hybridized carbons (Fsp3) is 0.286. The zero-order valence-electron chi connectivity index (χ0n) is 14.6. The molecule has 0 N–H and O–H groups in total. The van der Waals surface area contributed by atoms with Crippen LogP contribution < -0.4 is 0 Å². The number of amides is 3. The molecule has 1 atom stereocenters. The maximum absolute atomic E-state index is 12.5. The van der Waals surface area contributed by atoms with Gasteiger partial charge in [-0.25, -0.2) is 0 Å². The number of carbonyl (C=O) groups is 3. The first kappa shape index (κ1) is 16.5. The molecule has 0 spiro atoms. The summed E-state index contributed by atoms with van der Waals surface area (Å²) < 4.78 is 0. The minimum atomic E-state index is -0.254. The SMILES string of the molecule is Cc1ccccc1CN1CC(CN2C(=O)c3ccccc3C2=O)CC1=O. The lowest BCUT2D eigenvalue weighted by atomic mass is 10.1. The lowest BCUT2D eigenvalue weighted by Gasteiger charge is -2.20. The molecular weight excluding hydrogens is 328 g/mol. The largest absolute Gasteiger partial charge is 0.338 e. The summed E-state index contributed by atoms with van der Waals surface area (Å²) >= 11 is 0. The maximum Gasteiger partial charge on any atom is 0.261 e. The van der Waals surface area contributed by atoms with Crippen LogP contribution in [0.2, 0.25) is 0 Å². The Bertz CT molecular complexity index is 871. The zero-order valence-corrected chi connectivity index (χ0v) is 14.6. The highest BCUT2D eigenvalue weighted by atomic mass is 16.2. The third-order valence-corrected chi connectivity index (χ3v) is 5.24. The van der Waals surface area contributed by atoms with Gasteiger partial charge < -0.3 is 4.90 Å². The van der Waals surface area contributed by atoms with Gasteiger partial charge in [-0.2, -0.15) is 0 Å².